The molecule has 3 unspecified atom stereocenters. The Labute approximate surface area is 471 Å². The molecule has 0 rings (SSSR count). The fourth-order valence-electron chi connectivity index (χ4n) is 9.21. The predicted molar refractivity (Wildman–Crippen MR) is 325 cm³/mol. The number of hydrogen-bond donors (Lipinski definition) is 1. The highest BCUT2D eigenvalue weighted by Gasteiger charge is 2.27. The molecule has 9 nitrogen and oxygen atoms in total. The Morgan fingerprint density at radius 3 is 1.22 bits per heavy atom. The molecule has 0 saturated heterocycles. The van der Waals surface area contributed by atoms with E-state index in [4.69, 9.17) is 13.8 Å². The second-order valence-corrected chi connectivity index (χ2v) is 24.3. The minimum absolute atomic E-state index is 0.0246. The third kappa shape index (κ3) is 56.4. The maximum Gasteiger partial charge on any atom is 0.306 e. The van der Waals surface area contributed by atoms with Crippen LogP contribution in [0.15, 0.2) is 60.8 Å². The van der Waals surface area contributed by atoms with Crippen molar-refractivity contribution in [1.82, 2.24) is 5.32 Å². The van der Waals surface area contributed by atoms with Gasteiger partial charge in [-0.15, -0.1) is 0 Å². The first kappa shape index (κ1) is 73.7. The highest BCUT2D eigenvalue weighted by Crippen LogP contribution is 2.38. The summed E-state index contributed by atoms with van der Waals surface area (Å²) in [5.41, 5.74) is 0. The van der Waals surface area contributed by atoms with Gasteiger partial charge in [-0.05, 0) is 76.7 Å². The highest BCUT2D eigenvalue weighted by atomic mass is 31.2. The molecular weight excluding hydrogens is 964 g/mol. The summed E-state index contributed by atoms with van der Waals surface area (Å²) in [4.78, 5) is 40.0. The van der Waals surface area contributed by atoms with Crippen molar-refractivity contribution in [1.29, 1.82) is 0 Å². The zero-order chi connectivity index (χ0) is 55.7. The lowest BCUT2D eigenvalue weighted by molar-refractivity contribution is -0.870. The Hall–Kier alpha value is -2.29. The maximum atomic E-state index is 13.5. The summed E-state index contributed by atoms with van der Waals surface area (Å²) < 4.78 is 30.3. The van der Waals surface area contributed by atoms with Crippen LogP contribution < -0.4 is 10.2 Å². The fourth-order valence-corrected chi connectivity index (χ4v) is 9.94. The number of rotatable bonds is 58. The normalized spacial score (nSPS) is 14.0. The molecule has 1 N–H and O–H groups in total. The van der Waals surface area contributed by atoms with Crippen LogP contribution in [0, 0.1) is 0 Å². The molecule has 0 aliphatic carbocycles. The number of nitrogens with one attached hydrogen (secondary N) is 1. The summed E-state index contributed by atoms with van der Waals surface area (Å²) in [6.45, 7) is 6.83. The molecule has 0 aromatic heterocycles. The minimum atomic E-state index is -4.70. The average Bonchev–Trinajstić information content (AvgIpc) is 3.38. The van der Waals surface area contributed by atoms with Gasteiger partial charge in [0, 0.05) is 12.8 Å². The van der Waals surface area contributed by atoms with E-state index in [1.807, 2.05) is 33.3 Å². The molecule has 0 aliphatic heterocycles. The van der Waals surface area contributed by atoms with Gasteiger partial charge in [-0.2, -0.15) is 0 Å². The van der Waals surface area contributed by atoms with E-state index < -0.39 is 26.6 Å². The third-order valence-corrected chi connectivity index (χ3v) is 15.2. The van der Waals surface area contributed by atoms with Crippen molar-refractivity contribution in [3.8, 4) is 0 Å². The molecule has 0 spiro atoms. The summed E-state index contributed by atoms with van der Waals surface area (Å²) in [6.07, 6.45) is 70.3. The minimum Gasteiger partial charge on any atom is -0.756 e. The van der Waals surface area contributed by atoms with Gasteiger partial charge in [0.05, 0.1) is 33.8 Å². The van der Waals surface area contributed by atoms with Crippen LogP contribution in [0.5, 0.6) is 0 Å². The van der Waals surface area contributed by atoms with Crippen LogP contribution in [0.2, 0.25) is 0 Å². The van der Waals surface area contributed by atoms with E-state index in [2.05, 4.69) is 74.7 Å². The van der Waals surface area contributed by atoms with Gasteiger partial charge in [-0.3, -0.25) is 14.2 Å². The fraction of sp³-hybridized carbons (Fsp3) is 0.818. The Morgan fingerprint density at radius 2 is 0.803 bits per heavy atom. The predicted octanol–water partition coefficient (Wildman–Crippen LogP) is 19.2. The molecular formula is C66H123N2O7P. The van der Waals surface area contributed by atoms with Crippen molar-refractivity contribution in [2.45, 2.75) is 309 Å². The Bertz CT molecular complexity index is 1490. The number of unbranched alkanes of at least 4 members (excludes halogenated alkanes) is 34. The number of amides is 1. The number of quaternary nitrogens is 1. The standard InChI is InChI=1S/C66H123N2O7P/c1-7-10-13-16-19-22-25-28-30-31-32-33-34-35-36-37-38-40-43-46-49-52-55-58-65(69)67-63(62-74-76(71,72)73-61-60-68(4,5)6)64(57-54-51-48-45-42-39-27-24-21-18-15-12-9-3)75-66(70)59-56-53-50-47-44-41-29-26-23-20-17-14-11-8-2/h19,22,28,30,32-33,35-36,54,57,63-64H,7-18,20-21,23-27,29,31,34,37-53,55-56,58-62H2,1-6H3,(H-,67,69,71,72)/b22-19-,30-28-,33-32-,36-35-,57-54-. The number of nitrogens with zero attached hydrogens (tertiary/aromatic N) is 1. The van der Waals surface area contributed by atoms with E-state index in [0.29, 0.717) is 17.4 Å². The van der Waals surface area contributed by atoms with Crippen molar-refractivity contribution in [3.63, 3.8) is 0 Å². The topological polar surface area (TPSA) is 114 Å². The van der Waals surface area contributed by atoms with Gasteiger partial charge in [-0.1, -0.05) is 268 Å². The van der Waals surface area contributed by atoms with Crippen LogP contribution >= 0.6 is 7.82 Å². The second-order valence-electron chi connectivity index (χ2n) is 22.9. The zero-order valence-corrected chi connectivity index (χ0v) is 51.6. The highest BCUT2D eigenvalue weighted by molar-refractivity contribution is 7.45. The number of phosphoric ester groups is 1. The molecule has 444 valence electrons. The summed E-state index contributed by atoms with van der Waals surface area (Å²) in [5.74, 6) is -0.544. The largest absolute Gasteiger partial charge is 0.756 e. The molecule has 0 radical (unpaired) electrons. The number of carbonyl (C=O) groups excluding carboxylic acids is 2. The lowest BCUT2D eigenvalue weighted by Gasteiger charge is -2.30. The van der Waals surface area contributed by atoms with Crippen molar-refractivity contribution < 1.29 is 37.3 Å². The summed E-state index contributed by atoms with van der Waals surface area (Å²) in [6, 6.07) is -0.893. The quantitative estimate of drug-likeness (QED) is 0.0212. The number of esters is 1. The van der Waals surface area contributed by atoms with Crippen LogP contribution in [-0.4, -0.2) is 69.4 Å². The van der Waals surface area contributed by atoms with Gasteiger partial charge in [0.15, 0.2) is 0 Å². The van der Waals surface area contributed by atoms with Crippen LogP contribution in [0.4, 0.5) is 0 Å². The molecule has 3 atom stereocenters. The monoisotopic (exact) mass is 1090 g/mol. The number of carbonyl (C=O) groups is 2. The van der Waals surface area contributed by atoms with Crippen LogP contribution in [-0.2, 0) is 27.9 Å². The molecule has 76 heavy (non-hydrogen) atoms. The van der Waals surface area contributed by atoms with E-state index in [0.717, 1.165) is 89.9 Å². The van der Waals surface area contributed by atoms with E-state index in [1.54, 1.807) is 0 Å². The van der Waals surface area contributed by atoms with E-state index >= 15 is 0 Å². The molecule has 10 heteroatoms. The Morgan fingerprint density at radius 1 is 0.461 bits per heavy atom. The summed E-state index contributed by atoms with van der Waals surface area (Å²) in [5, 5.41) is 3.03. The molecule has 0 heterocycles. The summed E-state index contributed by atoms with van der Waals surface area (Å²) >= 11 is 0. The SMILES string of the molecule is CCCCC/C=C\C/C=C\C/C=C\C/C=C\CCCCCCCCCC(=O)NC(COP(=O)([O-])OCC[N+](C)(C)C)C(/C=C\CCCCCCCCCCCCC)OC(=O)CCCCCCCCCCCCCCCC. The average molecular weight is 1090 g/mol. The number of phosphoric acid groups is 1. The zero-order valence-electron chi connectivity index (χ0n) is 50.7. The molecule has 0 saturated carbocycles. The smallest absolute Gasteiger partial charge is 0.306 e. The Balaban J connectivity index is 5.22. The number of likely N-dealkylation sites (N-methyl/N-ethyl adjacent to an activating group) is 1. The molecule has 1 amide bonds. The first-order valence-corrected chi connectivity index (χ1v) is 33.6. The van der Waals surface area contributed by atoms with E-state index in [1.165, 1.54) is 173 Å². The number of allylic oxidation sites excluding steroid dienone is 9. The first-order valence-electron chi connectivity index (χ1n) is 32.1. The van der Waals surface area contributed by atoms with E-state index in [-0.39, 0.29) is 24.9 Å². The van der Waals surface area contributed by atoms with Crippen LogP contribution in [0.25, 0.3) is 0 Å². The van der Waals surface area contributed by atoms with Crippen LogP contribution in [0.1, 0.15) is 297 Å². The summed E-state index contributed by atoms with van der Waals surface area (Å²) in [7, 11) is 1.18. The van der Waals surface area contributed by atoms with Crippen molar-refractivity contribution in [2.24, 2.45) is 0 Å². The lowest BCUT2D eigenvalue weighted by Crippen LogP contribution is -2.47. The molecule has 0 bridgehead atoms. The molecule has 0 fully saturated rings. The van der Waals surface area contributed by atoms with Gasteiger partial charge in [0.2, 0.25) is 5.91 Å². The lowest BCUT2D eigenvalue weighted by atomic mass is 10.0. The van der Waals surface area contributed by atoms with Gasteiger partial charge in [-0.25, -0.2) is 0 Å². The number of ether oxygens (including phenoxy) is 1. The Kier molecular flexibility index (Phi) is 54.3. The van der Waals surface area contributed by atoms with Gasteiger partial charge in [0.1, 0.15) is 19.3 Å². The van der Waals surface area contributed by atoms with Gasteiger partial charge in [0.25, 0.3) is 7.82 Å². The second kappa shape index (κ2) is 56.0. The van der Waals surface area contributed by atoms with Gasteiger partial charge < -0.3 is 28.5 Å². The first-order chi connectivity index (χ1) is 36.9. The van der Waals surface area contributed by atoms with E-state index in [9.17, 15) is 19.0 Å². The van der Waals surface area contributed by atoms with Crippen molar-refractivity contribution in [2.75, 3.05) is 40.9 Å². The molecule has 0 aromatic rings. The third-order valence-electron chi connectivity index (χ3n) is 14.2. The molecule has 0 aliphatic rings. The van der Waals surface area contributed by atoms with Crippen molar-refractivity contribution >= 4 is 19.7 Å². The number of hydrogen-bond acceptors (Lipinski definition) is 7. The maximum absolute atomic E-state index is 13.5. The van der Waals surface area contributed by atoms with Gasteiger partial charge >= 0.3 is 5.97 Å². The molecule has 0 aromatic carbocycles. The van der Waals surface area contributed by atoms with Crippen molar-refractivity contribution in [3.05, 3.63) is 60.8 Å². The van der Waals surface area contributed by atoms with Crippen LogP contribution in [0.3, 0.4) is 0 Å².